The van der Waals surface area contributed by atoms with Crippen LogP contribution in [0, 0.1) is 5.41 Å². The first kappa shape index (κ1) is 26.2. The largest absolute Gasteiger partial charge is 0.369 e. The first-order valence-electron chi connectivity index (χ1n) is 13.3. The summed E-state index contributed by atoms with van der Waals surface area (Å²) in [5, 5.41) is 12.6. The number of anilines is 5. The van der Waals surface area contributed by atoms with Crippen molar-refractivity contribution in [1.82, 2.24) is 4.90 Å². The smallest absolute Gasteiger partial charge is 0.323 e. The molecule has 9 nitrogen and oxygen atoms in total. The second kappa shape index (κ2) is 11.6. The zero-order valence-electron chi connectivity index (χ0n) is 22.7. The number of para-hydroxylation sites is 1. The average Bonchev–Trinajstić information content (AvgIpc) is 2.92. The zero-order valence-corrected chi connectivity index (χ0v) is 22.7. The minimum absolute atomic E-state index is 0.254. The van der Waals surface area contributed by atoms with E-state index >= 15 is 0 Å². The van der Waals surface area contributed by atoms with Gasteiger partial charge in [0.1, 0.15) is 6.17 Å². The molecule has 3 aromatic rings. The van der Waals surface area contributed by atoms with E-state index in [1.807, 2.05) is 60.8 Å². The molecule has 5 rings (SSSR count). The topological polar surface area (TPSA) is 96.4 Å². The third-order valence-corrected chi connectivity index (χ3v) is 6.92. The maximum atomic E-state index is 12.4. The van der Waals surface area contributed by atoms with E-state index in [-0.39, 0.29) is 17.6 Å². The van der Waals surface area contributed by atoms with Crippen molar-refractivity contribution >= 4 is 46.6 Å². The van der Waals surface area contributed by atoms with Crippen molar-refractivity contribution in [3.8, 4) is 0 Å². The molecule has 0 saturated carbocycles. The maximum absolute atomic E-state index is 12.4. The summed E-state index contributed by atoms with van der Waals surface area (Å²) < 4.78 is 0. The normalized spacial score (nSPS) is 18.7. The standard InChI is InChI=1S/C30H36N8O/c1-30(2)21-31-28(33-23-12-14-26(15-13-23)38-18-16-37(3)17-19-38)36-27(30)32-24-10-7-11-25(20-24)35-29(39)34-22-8-5-4-6-9-22/h4-15,20-21,27,32H,16-19H2,1-3H3,(H,33,36)(H2,34,35,39). The highest BCUT2D eigenvalue weighted by Gasteiger charge is 2.31. The predicted molar refractivity (Wildman–Crippen MR) is 162 cm³/mol. The molecule has 9 heteroatoms. The first-order chi connectivity index (χ1) is 18.8. The lowest BCUT2D eigenvalue weighted by Gasteiger charge is -2.34. The predicted octanol–water partition coefficient (Wildman–Crippen LogP) is 5.40. The Kier molecular flexibility index (Phi) is 7.79. The number of amides is 2. The van der Waals surface area contributed by atoms with Crippen LogP contribution in [0.3, 0.4) is 0 Å². The highest BCUT2D eigenvalue weighted by Crippen LogP contribution is 2.28. The van der Waals surface area contributed by atoms with Crippen LogP contribution in [0.4, 0.5) is 33.2 Å². The van der Waals surface area contributed by atoms with Gasteiger partial charge in [0.05, 0.1) is 0 Å². The van der Waals surface area contributed by atoms with Crippen LogP contribution >= 0.6 is 0 Å². The van der Waals surface area contributed by atoms with Crippen molar-refractivity contribution < 1.29 is 4.79 Å². The van der Waals surface area contributed by atoms with Crippen LogP contribution in [-0.2, 0) is 0 Å². The minimum atomic E-state index is -0.315. The number of benzene rings is 3. The second-order valence-corrected chi connectivity index (χ2v) is 10.6. The summed E-state index contributed by atoms with van der Waals surface area (Å²) in [7, 11) is 2.17. The van der Waals surface area contributed by atoms with Crippen molar-refractivity contribution in [2.45, 2.75) is 20.0 Å². The molecule has 4 N–H and O–H groups in total. The molecule has 2 amide bonds. The number of nitrogens with zero attached hydrogens (tertiary/aromatic N) is 4. The van der Waals surface area contributed by atoms with Crippen LogP contribution in [0.5, 0.6) is 0 Å². The van der Waals surface area contributed by atoms with Gasteiger partial charge in [-0.1, -0.05) is 38.1 Å². The lowest BCUT2D eigenvalue weighted by atomic mass is 9.90. The maximum Gasteiger partial charge on any atom is 0.323 e. The molecule has 1 unspecified atom stereocenters. The molecule has 1 fully saturated rings. The van der Waals surface area contributed by atoms with Gasteiger partial charge in [-0.15, -0.1) is 0 Å². The van der Waals surface area contributed by atoms with Gasteiger partial charge >= 0.3 is 6.03 Å². The van der Waals surface area contributed by atoms with E-state index < -0.39 is 0 Å². The molecule has 2 heterocycles. The van der Waals surface area contributed by atoms with Crippen LogP contribution in [0.15, 0.2) is 88.8 Å². The van der Waals surface area contributed by atoms with Crippen LogP contribution in [-0.4, -0.2) is 62.5 Å². The molecule has 3 aromatic carbocycles. The van der Waals surface area contributed by atoms with Gasteiger partial charge in [-0.05, 0) is 61.6 Å². The average molecular weight is 525 g/mol. The number of guanidine groups is 1. The van der Waals surface area contributed by atoms with Crippen molar-refractivity contribution in [3.63, 3.8) is 0 Å². The Labute approximate surface area is 230 Å². The van der Waals surface area contributed by atoms with Crippen LogP contribution in [0.1, 0.15) is 13.8 Å². The molecule has 2 aliphatic rings. The SMILES string of the molecule is CN1CCN(c2ccc(NC3=NC(Nc4cccc(NC(=O)Nc5ccccc5)c4)C(C)(C)C=N3)cc2)CC1. The van der Waals surface area contributed by atoms with Gasteiger partial charge in [0.2, 0.25) is 5.96 Å². The Bertz CT molecular complexity index is 1330. The van der Waals surface area contributed by atoms with Crippen LogP contribution in [0.2, 0.25) is 0 Å². The molecule has 0 spiro atoms. The number of hydrogen-bond acceptors (Lipinski definition) is 7. The summed E-state index contributed by atoms with van der Waals surface area (Å²) in [4.78, 5) is 26.7. The number of rotatable bonds is 6. The van der Waals surface area contributed by atoms with E-state index in [1.165, 1.54) is 5.69 Å². The van der Waals surface area contributed by atoms with E-state index in [4.69, 9.17) is 4.99 Å². The van der Waals surface area contributed by atoms with E-state index in [2.05, 4.69) is 81.2 Å². The van der Waals surface area contributed by atoms with Gasteiger partial charge in [0.25, 0.3) is 0 Å². The highest BCUT2D eigenvalue weighted by molar-refractivity contribution is 6.01. The molecule has 202 valence electrons. The number of likely N-dealkylation sites (N-methyl/N-ethyl adjacent to an activating group) is 1. The summed E-state index contributed by atoms with van der Waals surface area (Å²) >= 11 is 0. The Hall–Kier alpha value is -4.37. The minimum Gasteiger partial charge on any atom is -0.369 e. The summed E-state index contributed by atoms with van der Waals surface area (Å²) in [6.07, 6.45) is 1.67. The number of hydrogen-bond donors (Lipinski definition) is 4. The second-order valence-electron chi connectivity index (χ2n) is 10.6. The molecular formula is C30H36N8O. The number of nitrogens with one attached hydrogen (secondary N) is 4. The monoisotopic (exact) mass is 524 g/mol. The van der Waals surface area contributed by atoms with Gasteiger partial charge in [0, 0.05) is 66.2 Å². The fraction of sp³-hybridized carbons (Fsp3) is 0.300. The summed E-state index contributed by atoms with van der Waals surface area (Å²) in [6.45, 7) is 8.42. The lowest BCUT2D eigenvalue weighted by Crippen LogP contribution is -2.44. The molecular weight excluding hydrogens is 488 g/mol. The summed E-state index contributed by atoms with van der Waals surface area (Å²) in [5.74, 6) is 0.552. The first-order valence-corrected chi connectivity index (χ1v) is 13.3. The third kappa shape index (κ3) is 6.94. The number of aliphatic imine (C=N–C) groups is 2. The zero-order chi connectivity index (χ0) is 27.2. The Morgan fingerprint density at radius 3 is 2.23 bits per heavy atom. The molecule has 1 atom stereocenters. The number of carbonyl (C=O) groups excluding carboxylic acids is 1. The van der Waals surface area contributed by atoms with Gasteiger partial charge in [0.15, 0.2) is 0 Å². The van der Waals surface area contributed by atoms with Crippen LogP contribution in [0.25, 0.3) is 0 Å². The lowest BCUT2D eigenvalue weighted by molar-refractivity contribution is 0.262. The van der Waals surface area contributed by atoms with Crippen molar-refractivity contribution in [3.05, 3.63) is 78.9 Å². The fourth-order valence-electron chi connectivity index (χ4n) is 4.51. The number of piperazine rings is 1. The number of urea groups is 1. The molecule has 0 aliphatic carbocycles. The molecule has 0 aromatic heterocycles. The van der Waals surface area contributed by atoms with Crippen LogP contribution < -0.4 is 26.2 Å². The van der Waals surface area contributed by atoms with Crippen molar-refractivity contribution in [2.24, 2.45) is 15.4 Å². The van der Waals surface area contributed by atoms with Gasteiger partial charge < -0.3 is 31.1 Å². The van der Waals surface area contributed by atoms with Gasteiger partial charge in [-0.3, -0.25) is 0 Å². The van der Waals surface area contributed by atoms with E-state index in [0.717, 1.165) is 43.2 Å². The third-order valence-electron chi connectivity index (χ3n) is 6.92. The van der Waals surface area contributed by atoms with E-state index in [1.54, 1.807) is 0 Å². The fourth-order valence-corrected chi connectivity index (χ4v) is 4.51. The summed E-state index contributed by atoms with van der Waals surface area (Å²) in [6, 6.07) is 25.1. The molecule has 1 saturated heterocycles. The molecule has 0 radical (unpaired) electrons. The Balaban J connectivity index is 1.22. The Morgan fingerprint density at radius 2 is 1.49 bits per heavy atom. The van der Waals surface area contributed by atoms with E-state index in [9.17, 15) is 4.79 Å². The number of carbonyl (C=O) groups is 1. The molecule has 2 aliphatic heterocycles. The molecule has 0 bridgehead atoms. The van der Waals surface area contributed by atoms with Crippen molar-refractivity contribution in [2.75, 3.05) is 59.4 Å². The molecule has 39 heavy (non-hydrogen) atoms. The van der Waals surface area contributed by atoms with E-state index in [0.29, 0.717) is 11.6 Å². The quantitative estimate of drug-likeness (QED) is 0.346. The highest BCUT2D eigenvalue weighted by atomic mass is 16.2. The van der Waals surface area contributed by atoms with Gasteiger partial charge in [-0.25, -0.2) is 14.8 Å². The van der Waals surface area contributed by atoms with Crippen molar-refractivity contribution in [1.29, 1.82) is 0 Å². The summed E-state index contributed by atoms with van der Waals surface area (Å²) in [5.41, 5.74) is 4.12. The van der Waals surface area contributed by atoms with Gasteiger partial charge in [-0.2, -0.15) is 0 Å². The Morgan fingerprint density at radius 1 is 0.821 bits per heavy atom.